The molecular formula is C16H36O3. The van der Waals surface area contributed by atoms with Crippen LogP contribution >= 0.6 is 0 Å². The second kappa shape index (κ2) is 43.3. The predicted octanol–water partition coefficient (Wildman–Crippen LogP) is 3.96. The van der Waals surface area contributed by atoms with Gasteiger partial charge in [0, 0.05) is 13.2 Å². The monoisotopic (exact) mass is 276 g/mol. The van der Waals surface area contributed by atoms with Gasteiger partial charge in [-0.2, -0.15) is 0 Å². The fraction of sp³-hybridized carbons (Fsp3) is 0.750. The van der Waals surface area contributed by atoms with E-state index in [9.17, 15) is 0 Å². The maximum atomic E-state index is 7.62. The molecule has 118 valence electrons. The molecule has 2 N–H and O–H groups in total. The van der Waals surface area contributed by atoms with E-state index in [4.69, 9.17) is 14.9 Å². The molecule has 0 heterocycles. The van der Waals surface area contributed by atoms with Crippen LogP contribution in [-0.4, -0.2) is 36.6 Å². The van der Waals surface area contributed by atoms with Crippen molar-refractivity contribution in [1.29, 1.82) is 0 Å². The van der Waals surface area contributed by atoms with Gasteiger partial charge in [-0.05, 0) is 27.2 Å². The number of hydrogen-bond donors (Lipinski definition) is 2. The number of hydrogen-bond acceptors (Lipinski definition) is 3. The molecule has 3 nitrogen and oxygen atoms in total. The highest BCUT2D eigenvalue weighted by Crippen LogP contribution is 1.98. The zero-order valence-electron chi connectivity index (χ0n) is 13.5. The van der Waals surface area contributed by atoms with Crippen molar-refractivity contribution in [2.45, 2.75) is 53.4 Å². The Morgan fingerprint density at radius 2 is 1.32 bits per heavy atom. The summed E-state index contributed by atoms with van der Waals surface area (Å²) in [5.41, 5.74) is 0. The first-order chi connectivity index (χ1) is 9.16. The maximum absolute atomic E-state index is 7.62. The number of aliphatic hydroxyl groups excluding tert-OH is 2. The van der Waals surface area contributed by atoms with Crippen LogP contribution in [-0.2, 0) is 4.74 Å². The lowest BCUT2D eigenvalue weighted by molar-refractivity contribution is 0.143. The molecule has 0 spiro atoms. The van der Waals surface area contributed by atoms with Gasteiger partial charge in [-0.25, -0.2) is 0 Å². The van der Waals surface area contributed by atoms with Gasteiger partial charge in [0.05, 0.1) is 13.2 Å². The highest BCUT2D eigenvalue weighted by atomic mass is 16.5. The first kappa shape index (κ1) is 26.8. The highest BCUT2D eigenvalue weighted by molar-refractivity contribution is 4.52. The molecule has 0 amide bonds. The molecule has 0 bridgehead atoms. The van der Waals surface area contributed by atoms with Gasteiger partial charge >= 0.3 is 0 Å². The molecule has 0 rings (SSSR count). The second-order valence-electron chi connectivity index (χ2n) is 3.52. The summed E-state index contributed by atoms with van der Waals surface area (Å²) in [4.78, 5) is 0. The third kappa shape index (κ3) is 101. The van der Waals surface area contributed by atoms with Crippen molar-refractivity contribution >= 4 is 0 Å². The van der Waals surface area contributed by atoms with E-state index >= 15 is 0 Å². The number of ether oxygens (including phenoxy) is 1. The van der Waals surface area contributed by atoms with Crippen molar-refractivity contribution in [3.63, 3.8) is 0 Å². The van der Waals surface area contributed by atoms with E-state index in [1.165, 1.54) is 25.7 Å². The van der Waals surface area contributed by atoms with E-state index in [1.807, 2.05) is 20.8 Å². The number of allylic oxidation sites excluding steroid dienone is 2. The Labute approximate surface area is 121 Å². The highest BCUT2D eigenvalue weighted by Gasteiger charge is 1.85. The largest absolute Gasteiger partial charge is 0.394 e. The van der Waals surface area contributed by atoms with Crippen LogP contribution in [0.5, 0.6) is 0 Å². The lowest BCUT2D eigenvalue weighted by Crippen LogP contribution is -1.92. The predicted molar refractivity (Wildman–Crippen MR) is 86.5 cm³/mol. The van der Waals surface area contributed by atoms with Crippen LogP contribution in [0.3, 0.4) is 0 Å². The van der Waals surface area contributed by atoms with Gasteiger partial charge in [-0.3, -0.25) is 0 Å². The lowest BCUT2D eigenvalue weighted by Gasteiger charge is -1.98. The van der Waals surface area contributed by atoms with Crippen LogP contribution in [0.25, 0.3) is 0 Å². The van der Waals surface area contributed by atoms with Crippen LogP contribution in [0.2, 0.25) is 0 Å². The zero-order valence-corrected chi connectivity index (χ0v) is 13.5. The smallest absolute Gasteiger partial charge is 0.0662 e. The summed E-state index contributed by atoms with van der Waals surface area (Å²) < 4.78 is 5.18. The van der Waals surface area contributed by atoms with Crippen LogP contribution in [0, 0.1) is 0 Å². The SMILES string of the molecule is C=CC.C=CC.CCCCCCOCC.OCCO. The van der Waals surface area contributed by atoms with E-state index in [1.54, 1.807) is 12.2 Å². The topological polar surface area (TPSA) is 49.7 Å². The van der Waals surface area contributed by atoms with Crippen LogP contribution in [0.1, 0.15) is 53.4 Å². The molecule has 0 aromatic carbocycles. The summed E-state index contributed by atoms with van der Waals surface area (Å²) >= 11 is 0. The Morgan fingerprint density at radius 3 is 1.58 bits per heavy atom. The summed E-state index contributed by atoms with van der Waals surface area (Å²) in [6.45, 7) is 16.3. The molecule has 0 aliphatic carbocycles. The molecule has 0 saturated carbocycles. The Bertz CT molecular complexity index is 111. The summed E-state index contributed by atoms with van der Waals surface area (Å²) in [6, 6.07) is 0. The van der Waals surface area contributed by atoms with Crippen molar-refractivity contribution in [3.05, 3.63) is 25.3 Å². The van der Waals surface area contributed by atoms with E-state index in [0.717, 1.165) is 13.2 Å². The second-order valence-corrected chi connectivity index (χ2v) is 3.52. The van der Waals surface area contributed by atoms with Gasteiger partial charge < -0.3 is 14.9 Å². The van der Waals surface area contributed by atoms with E-state index in [-0.39, 0.29) is 13.2 Å². The number of rotatable bonds is 7. The third-order valence-corrected chi connectivity index (χ3v) is 1.45. The minimum Gasteiger partial charge on any atom is -0.394 e. The number of unbranched alkanes of at least 4 members (excludes halogenated alkanes) is 3. The van der Waals surface area contributed by atoms with Gasteiger partial charge in [0.2, 0.25) is 0 Å². The molecule has 0 fully saturated rings. The third-order valence-electron chi connectivity index (χ3n) is 1.45. The van der Waals surface area contributed by atoms with Gasteiger partial charge in [-0.15, -0.1) is 13.2 Å². The van der Waals surface area contributed by atoms with E-state index < -0.39 is 0 Å². The molecular weight excluding hydrogens is 240 g/mol. The Kier molecular flexibility index (Phi) is 61.1. The molecule has 0 saturated heterocycles. The molecule has 0 atom stereocenters. The van der Waals surface area contributed by atoms with Gasteiger partial charge in [0.25, 0.3) is 0 Å². The minimum atomic E-state index is -0.125. The van der Waals surface area contributed by atoms with Crippen LogP contribution in [0.4, 0.5) is 0 Å². The average molecular weight is 276 g/mol. The Hall–Kier alpha value is -0.640. The van der Waals surface area contributed by atoms with Crippen molar-refractivity contribution < 1.29 is 14.9 Å². The molecule has 0 unspecified atom stereocenters. The zero-order chi connectivity index (χ0) is 15.8. The fourth-order valence-corrected chi connectivity index (χ4v) is 0.775. The van der Waals surface area contributed by atoms with Crippen LogP contribution < -0.4 is 0 Å². The number of aliphatic hydroxyl groups is 2. The standard InChI is InChI=1S/C8H18O.2C3H6.C2H6O2/c1-3-5-6-7-8-9-4-2;2*1-3-2;3-1-2-4/h3-8H2,1-2H3;2*3H,1H2,2H3;3-4H,1-2H2. The molecule has 19 heavy (non-hydrogen) atoms. The van der Waals surface area contributed by atoms with Crippen LogP contribution in [0.15, 0.2) is 25.3 Å². The van der Waals surface area contributed by atoms with E-state index in [2.05, 4.69) is 20.1 Å². The Balaban J connectivity index is -0.0000000937. The quantitative estimate of drug-likeness (QED) is 0.546. The maximum Gasteiger partial charge on any atom is 0.0662 e. The van der Waals surface area contributed by atoms with Crippen molar-refractivity contribution in [2.75, 3.05) is 26.4 Å². The first-order valence-corrected chi connectivity index (χ1v) is 7.10. The molecule has 0 aromatic heterocycles. The Morgan fingerprint density at radius 1 is 0.895 bits per heavy atom. The molecule has 0 aromatic rings. The van der Waals surface area contributed by atoms with E-state index in [0.29, 0.717) is 0 Å². The van der Waals surface area contributed by atoms with Gasteiger partial charge in [0.15, 0.2) is 0 Å². The normalized spacial score (nSPS) is 7.68. The summed E-state index contributed by atoms with van der Waals surface area (Å²) in [5.74, 6) is 0. The summed E-state index contributed by atoms with van der Waals surface area (Å²) in [6.07, 6.45) is 8.73. The van der Waals surface area contributed by atoms with Crippen molar-refractivity contribution in [3.8, 4) is 0 Å². The van der Waals surface area contributed by atoms with Crippen molar-refractivity contribution in [1.82, 2.24) is 0 Å². The molecule has 0 aliphatic rings. The molecule has 0 radical (unpaired) electrons. The molecule has 3 heteroatoms. The summed E-state index contributed by atoms with van der Waals surface area (Å²) in [5, 5.41) is 15.2. The minimum absolute atomic E-state index is 0.125. The first-order valence-electron chi connectivity index (χ1n) is 7.10. The van der Waals surface area contributed by atoms with Crippen molar-refractivity contribution in [2.24, 2.45) is 0 Å². The molecule has 0 aliphatic heterocycles. The lowest BCUT2D eigenvalue weighted by atomic mass is 10.2. The van der Waals surface area contributed by atoms with Gasteiger partial charge in [0.1, 0.15) is 0 Å². The van der Waals surface area contributed by atoms with Gasteiger partial charge in [-0.1, -0.05) is 38.3 Å². The fourth-order valence-electron chi connectivity index (χ4n) is 0.775. The average Bonchev–Trinajstić information content (AvgIpc) is 2.41. The summed E-state index contributed by atoms with van der Waals surface area (Å²) in [7, 11) is 0.